The van der Waals surface area contributed by atoms with Gasteiger partial charge in [-0.15, -0.1) is 23.4 Å². The van der Waals surface area contributed by atoms with Crippen LogP contribution in [0, 0.1) is 11.2 Å². The van der Waals surface area contributed by atoms with Gasteiger partial charge in [-0.3, -0.25) is 0 Å². The lowest BCUT2D eigenvalue weighted by atomic mass is 9.41. The van der Waals surface area contributed by atoms with Crippen LogP contribution in [-0.2, 0) is 4.74 Å². The Morgan fingerprint density at radius 2 is 2.24 bits per heavy atom. The van der Waals surface area contributed by atoms with Gasteiger partial charge < -0.3 is 4.74 Å². The SMILES string of the molecule is C=C/C=C(\C(=C/C)OC(F)(F)F)c1nnc(C2CCCB(C#N)C2)s1. The summed E-state index contributed by atoms with van der Waals surface area (Å²) in [5, 5.41) is 18.4. The predicted octanol–water partition coefficient (Wildman–Crippen LogP) is 4.98. The zero-order valence-corrected chi connectivity index (χ0v) is 14.5. The van der Waals surface area contributed by atoms with Crippen LogP contribution in [0.25, 0.3) is 5.57 Å². The van der Waals surface area contributed by atoms with E-state index in [0.29, 0.717) is 11.3 Å². The van der Waals surface area contributed by atoms with Crippen molar-refractivity contribution in [2.24, 2.45) is 0 Å². The number of halogens is 3. The van der Waals surface area contributed by atoms with Crippen molar-refractivity contribution in [1.82, 2.24) is 10.2 Å². The molecule has 0 amide bonds. The molecule has 9 heteroatoms. The fourth-order valence-electron chi connectivity index (χ4n) is 2.81. The Morgan fingerprint density at radius 1 is 1.48 bits per heavy atom. The molecule has 1 aliphatic heterocycles. The average molecular weight is 367 g/mol. The van der Waals surface area contributed by atoms with Crippen LogP contribution in [0.5, 0.6) is 0 Å². The molecule has 1 aromatic rings. The monoisotopic (exact) mass is 367 g/mol. The molecule has 0 spiro atoms. The molecule has 1 atom stereocenters. The van der Waals surface area contributed by atoms with Crippen LogP contribution in [-0.4, -0.2) is 23.3 Å². The molecule has 1 fully saturated rings. The van der Waals surface area contributed by atoms with E-state index in [2.05, 4.69) is 27.5 Å². The summed E-state index contributed by atoms with van der Waals surface area (Å²) in [6, 6.07) is 0. The van der Waals surface area contributed by atoms with E-state index in [9.17, 15) is 13.2 Å². The zero-order chi connectivity index (χ0) is 18.4. The summed E-state index contributed by atoms with van der Waals surface area (Å²) in [6.07, 6.45) is 2.67. The van der Waals surface area contributed by atoms with Crippen LogP contribution in [0.2, 0.25) is 12.6 Å². The van der Waals surface area contributed by atoms with Gasteiger partial charge >= 0.3 is 6.36 Å². The van der Waals surface area contributed by atoms with Crippen LogP contribution in [0.15, 0.2) is 30.6 Å². The van der Waals surface area contributed by atoms with Crippen molar-refractivity contribution in [3.05, 3.63) is 40.6 Å². The summed E-state index contributed by atoms with van der Waals surface area (Å²) in [5.74, 6) is 2.06. The van der Waals surface area contributed by atoms with Crippen LogP contribution in [0.1, 0.15) is 35.7 Å². The predicted molar refractivity (Wildman–Crippen MR) is 91.9 cm³/mol. The third-order valence-corrected chi connectivity index (χ3v) is 5.03. The number of nitriles is 1. The second-order valence-corrected chi connectivity index (χ2v) is 6.66. The largest absolute Gasteiger partial charge is 0.573 e. The van der Waals surface area contributed by atoms with Gasteiger partial charge in [0.15, 0.2) is 5.01 Å². The summed E-state index contributed by atoms with van der Waals surface area (Å²) in [6.45, 7) is 4.99. The number of hydrogen-bond acceptors (Lipinski definition) is 5. The quantitative estimate of drug-likeness (QED) is 0.418. The van der Waals surface area contributed by atoms with E-state index in [0.717, 1.165) is 24.2 Å². The molecular weight excluding hydrogens is 350 g/mol. The van der Waals surface area contributed by atoms with Crippen LogP contribution < -0.4 is 0 Å². The van der Waals surface area contributed by atoms with E-state index in [1.807, 2.05) is 0 Å². The molecule has 0 aromatic carbocycles. The smallest absolute Gasteiger partial charge is 0.405 e. The summed E-state index contributed by atoms with van der Waals surface area (Å²) in [7, 11) is 0. The van der Waals surface area contributed by atoms with Crippen LogP contribution >= 0.6 is 11.3 Å². The number of rotatable bonds is 5. The third-order valence-electron chi connectivity index (χ3n) is 3.91. The first-order valence-electron chi connectivity index (χ1n) is 7.86. The number of hydrogen-bond donors (Lipinski definition) is 0. The Hall–Kier alpha value is -2.08. The average Bonchev–Trinajstić information content (AvgIpc) is 3.07. The van der Waals surface area contributed by atoms with Gasteiger partial charge in [-0.2, -0.15) is 0 Å². The first kappa shape index (κ1) is 19.3. The number of alkyl halides is 3. The van der Waals surface area contributed by atoms with Crippen molar-refractivity contribution in [3.63, 3.8) is 0 Å². The fourth-order valence-corrected chi connectivity index (χ4v) is 3.83. The first-order valence-corrected chi connectivity index (χ1v) is 8.68. The maximum atomic E-state index is 12.6. The molecular formula is C16H17BF3N3OS. The molecule has 0 N–H and O–H groups in total. The Morgan fingerprint density at radius 3 is 2.84 bits per heavy atom. The van der Waals surface area contributed by atoms with Crippen molar-refractivity contribution in [2.75, 3.05) is 0 Å². The van der Waals surface area contributed by atoms with Gasteiger partial charge in [0.2, 0.25) is 0 Å². The molecule has 0 aliphatic carbocycles. The molecule has 1 unspecified atom stereocenters. The molecule has 2 rings (SSSR count). The lowest BCUT2D eigenvalue weighted by Gasteiger charge is -2.20. The summed E-state index contributed by atoms with van der Waals surface area (Å²) in [5.41, 5.74) is 0.186. The molecule has 1 aliphatic rings. The lowest BCUT2D eigenvalue weighted by Crippen LogP contribution is -2.19. The van der Waals surface area contributed by atoms with Crippen LogP contribution in [0.3, 0.4) is 0 Å². The molecule has 1 aromatic heterocycles. The highest BCUT2D eigenvalue weighted by Crippen LogP contribution is 2.38. The Balaban J connectivity index is 2.26. The van der Waals surface area contributed by atoms with Gasteiger partial charge in [0.05, 0.1) is 5.57 Å². The van der Waals surface area contributed by atoms with Gasteiger partial charge in [0, 0.05) is 11.9 Å². The first-order chi connectivity index (χ1) is 11.9. The number of nitrogens with zero attached hydrogens (tertiary/aromatic N) is 3. The van der Waals surface area contributed by atoms with Crippen molar-refractivity contribution in [2.45, 2.75) is 44.7 Å². The molecule has 0 radical (unpaired) electrons. The fraction of sp³-hybridized carbons (Fsp3) is 0.438. The number of aromatic nitrogens is 2. The second-order valence-electron chi connectivity index (χ2n) is 5.65. The Bertz CT molecular complexity index is 721. The number of allylic oxidation sites excluding steroid dienone is 4. The van der Waals surface area contributed by atoms with Gasteiger partial charge in [0.1, 0.15) is 10.8 Å². The molecule has 4 nitrogen and oxygen atoms in total. The summed E-state index contributed by atoms with van der Waals surface area (Å²) < 4.78 is 41.9. The molecule has 25 heavy (non-hydrogen) atoms. The van der Waals surface area contributed by atoms with E-state index >= 15 is 0 Å². The minimum Gasteiger partial charge on any atom is -0.405 e. The van der Waals surface area contributed by atoms with E-state index < -0.39 is 6.36 Å². The van der Waals surface area contributed by atoms with E-state index in [1.54, 1.807) is 0 Å². The maximum absolute atomic E-state index is 12.6. The van der Waals surface area contributed by atoms with Crippen molar-refractivity contribution in [1.29, 1.82) is 5.26 Å². The maximum Gasteiger partial charge on any atom is 0.573 e. The Kier molecular flexibility index (Phi) is 6.42. The van der Waals surface area contributed by atoms with E-state index in [4.69, 9.17) is 5.26 Å². The highest BCUT2D eigenvalue weighted by molar-refractivity contribution is 7.12. The third kappa shape index (κ3) is 5.20. The second kappa shape index (κ2) is 8.34. The molecule has 132 valence electrons. The summed E-state index contributed by atoms with van der Waals surface area (Å²) >= 11 is 1.23. The van der Waals surface area contributed by atoms with E-state index in [-0.39, 0.29) is 24.0 Å². The normalized spacial score (nSPS) is 19.5. The van der Waals surface area contributed by atoms with Crippen LogP contribution in [0.4, 0.5) is 13.2 Å². The van der Waals surface area contributed by atoms with Crippen molar-refractivity contribution in [3.8, 4) is 5.97 Å². The highest BCUT2D eigenvalue weighted by Gasteiger charge is 2.34. The summed E-state index contributed by atoms with van der Waals surface area (Å²) in [4.78, 5) is 0. The van der Waals surface area contributed by atoms with Gasteiger partial charge in [0.25, 0.3) is 6.71 Å². The zero-order valence-electron chi connectivity index (χ0n) is 13.7. The molecule has 1 saturated heterocycles. The number of ether oxygens (including phenoxy) is 1. The minimum absolute atomic E-state index is 0.00560. The van der Waals surface area contributed by atoms with E-state index in [1.165, 1.54) is 36.5 Å². The minimum atomic E-state index is -4.79. The van der Waals surface area contributed by atoms with Gasteiger partial charge in [-0.05, 0) is 25.5 Å². The molecule has 0 bridgehead atoms. The molecule has 2 heterocycles. The topological polar surface area (TPSA) is 58.8 Å². The lowest BCUT2D eigenvalue weighted by molar-refractivity contribution is -0.302. The molecule has 0 saturated carbocycles. The van der Waals surface area contributed by atoms with Gasteiger partial charge in [-0.1, -0.05) is 43.1 Å². The Labute approximate surface area is 148 Å². The van der Waals surface area contributed by atoms with Crippen molar-refractivity contribution >= 4 is 23.6 Å². The van der Waals surface area contributed by atoms with Gasteiger partial charge in [-0.25, -0.2) is 5.26 Å². The standard InChI is InChI=1S/C16H17BF3N3OS/c1-3-6-12(13(4-2)24-16(18,19)20)15-23-22-14(25-15)11-7-5-8-17(9-11)10-21/h3-4,6,11H,1,5,7-9H2,2H3/b12-6+,13-4+. The highest BCUT2D eigenvalue weighted by atomic mass is 32.1. The van der Waals surface area contributed by atoms with Crippen molar-refractivity contribution < 1.29 is 17.9 Å².